The predicted molar refractivity (Wildman–Crippen MR) is 71.4 cm³/mol. The number of nitriles is 1. The van der Waals surface area contributed by atoms with Crippen LogP contribution in [0.3, 0.4) is 0 Å². The van der Waals surface area contributed by atoms with Gasteiger partial charge >= 0.3 is 0 Å². The summed E-state index contributed by atoms with van der Waals surface area (Å²) in [4.78, 5) is 11.9. The Labute approximate surface area is 119 Å². The van der Waals surface area contributed by atoms with Crippen molar-refractivity contribution in [3.05, 3.63) is 28.2 Å². The molecule has 0 radical (unpaired) electrons. The molecule has 1 saturated heterocycles. The van der Waals surface area contributed by atoms with Gasteiger partial charge in [-0.3, -0.25) is 4.79 Å². The van der Waals surface area contributed by atoms with Crippen molar-refractivity contribution in [2.24, 2.45) is 5.41 Å². The molecule has 100 valence electrons. The van der Waals surface area contributed by atoms with Crippen molar-refractivity contribution in [3.8, 4) is 11.8 Å². The Morgan fingerprint density at radius 3 is 2.84 bits per heavy atom. The Morgan fingerprint density at radius 2 is 2.37 bits per heavy atom. The van der Waals surface area contributed by atoms with Gasteiger partial charge in [-0.1, -0.05) is 6.07 Å². The minimum atomic E-state index is -1.01. The molecule has 0 atom stereocenters. The third-order valence-electron chi connectivity index (χ3n) is 3.01. The monoisotopic (exact) mass is 324 g/mol. The van der Waals surface area contributed by atoms with Crippen molar-refractivity contribution in [1.29, 1.82) is 5.26 Å². The van der Waals surface area contributed by atoms with Gasteiger partial charge in [0.05, 0.1) is 30.9 Å². The minimum Gasteiger partial charge on any atom is -0.496 e. The van der Waals surface area contributed by atoms with Gasteiger partial charge in [0.25, 0.3) is 0 Å². The van der Waals surface area contributed by atoms with Gasteiger partial charge < -0.3 is 14.8 Å². The summed E-state index contributed by atoms with van der Waals surface area (Å²) < 4.78 is 10.9. The number of amides is 1. The topological polar surface area (TPSA) is 71.3 Å². The van der Waals surface area contributed by atoms with Crippen LogP contribution >= 0.6 is 15.9 Å². The quantitative estimate of drug-likeness (QED) is 0.913. The van der Waals surface area contributed by atoms with Gasteiger partial charge in [0, 0.05) is 6.54 Å². The second-order valence-electron chi connectivity index (χ2n) is 4.34. The van der Waals surface area contributed by atoms with E-state index in [0.717, 1.165) is 15.8 Å². The molecule has 0 aromatic heterocycles. The van der Waals surface area contributed by atoms with Crippen molar-refractivity contribution < 1.29 is 14.3 Å². The van der Waals surface area contributed by atoms with Gasteiger partial charge in [-0.15, -0.1) is 0 Å². The number of hydrogen-bond donors (Lipinski definition) is 1. The molecule has 1 heterocycles. The molecule has 1 aliphatic heterocycles. The maximum atomic E-state index is 11.9. The molecule has 1 aromatic carbocycles. The Bertz CT molecular complexity index is 535. The van der Waals surface area contributed by atoms with E-state index in [9.17, 15) is 4.79 Å². The summed E-state index contributed by atoms with van der Waals surface area (Å²) >= 11 is 3.38. The van der Waals surface area contributed by atoms with Crippen molar-refractivity contribution in [2.75, 3.05) is 20.3 Å². The van der Waals surface area contributed by atoms with E-state index in [-0.39, 0.29) is 19.1 Å². The molecule has 0 spiro atoms. The fraction of sp³-hybridized carbons (Fsp3) is 0.385. The first kappa shape index (κ1) is 13.8. The van der Waals surface area contributed by atoms with Crippen LogP contribution in [0.4, 0.5) is 0 Å². The summed E-state index contributed by atoms with van der Waals surface area (Å²) in [5.41, 5.74) is -0.0849. The molecule has 0 unspecified atom stereocenters. The minimum absolute atomic E-state index is 0.168. The second kappa shape index (κ2) is 5.59. The fourth-order valence-electron chi connectivity index (χ4n) is 1.72. The SMILES string of the molecule is COc1ccc(CNC(=O)C2(C#N)COC2)cc1Br. The van der Waals surface area contributed by atoms with E-state index in [2.05, 4.69) is 21.2 Å². The van der Waals surface area contributed by atoms with Crippen LogP contribution in [0.1, 0.15) is 5.56 Å². The number of methoxy groups -OCH3 is 1. The van der Waals surface area contributed by atoms with E-state index >= 15 is 0 Å². The first-order valence-corrected chi connectivity index (χ1v) is 6.50. The van der Waals surface area contributed by atoms with Crippen LogP contribution in [0.15, 0.2) is 22.7 Å². The summed E-state index contributed by atoms with van der Waals surface area (Å²) in [7, 11) is 1.59. The van der Waals surface area contributed by atoms with E-state index in [0.29, 0.717) is 6.54 Å². The zero-order chi connectivity index (χ0) is 13.9. The van der Waals surface area contributed by atoms with Crippen LogP contribution in [-0.2, 0) is 16.1 Å². The van der Waals surface area contributed by atoms with Crippen molar-refractivity contribution in [2.45, 2.75) is 6.54 Å². The summed E-state index contributed by atoms with van der Waals surface area (Å²) in [6, 6.07) is 7.56. The summed E-state index contributed by atoms with van der Waals surface area (Å²) in [5.74, 6) is 0.448. The van der Waals surface area contributed by atoms with E-state index < -0.39 is 5.41 Å². The number of halogens is 1. The van der Waals surface area contributed by atoms with Crippen LogP contribution in [0.25, 0.3) is 0 Å². The van der Waals surface area contributed by atoms with Crippen LogP contribution in [0.2, 0.25) is 0 Å². The third kappa shape index (κ3) is 2.72. The lowest BCUT2D eigenvalue weighted by Gasteiger charge is -2.33. The van der Waals surface area contributed by atoms with Crippen molar-refractivity contribution >= 4 is 21.8 Å². The van der Waals surface area contributed by atoms with E-state index in [1.165, 1.54) is 0 Å². The number of rotatable bonds is 4. The molecule has 0 saturated carbocycles. The third-order valence-corrected chi connectivity index (χ3v) is 3.63. The molecule has 1 aromatic rings. The lowest BCUT2D eigenvalue weighted by atomic mass is 9.87. The fourth-order valence-corrected chi connectivity index (χ4v) is 2.31. The Kier molecular flexibility index (Phi) is 4.08. The smallest absolute Gasteiger partial charge is 0.245 e. The maximum absolute atomic E-state index is 11.9. The molecule has 2 rings (SSSR count). The lowest BCUT2D eigenvalue weighted by Crippen LogP contribution is -2.52. The van der Waals surface area contributed by atoms with Gasteiger partial charge in [0.15, 0.2) is 5.41 Å². The molecule has 6 heteroatoms. The highest BCUT2D eigenvalue weighted by atomic mass is 79.9. The molecule has 0 bridgehead atoms. The molecular formula is C13H13BrN2O3. The van der Waals surface area contributed by atoms with Crippen LogP contribution < -0.4 is 10.1 Å². The Morgan fingerprint density at radius 1 is 1.63 bits per heavy atom. The largest absolute Gasteiger partial charge is 0.496 e. The average Bonchev–Trinajstić information content (AvgIpc) is 2.36. The van der Waals surface area contributed by atoms with E-state index in [4.69, 9.17) is 14.7 Å². The number of ether oxygens (including phenoxy) is 2. The molecule has 0 aliphatic carbocycles. The number of hydrogen-bond acceptors (Lipinski definition) is 4. The molecule has 1 aliphatic rings. The van der Waals surface area contributed by atoms with Crippen LogP contribution in [0.5, 0.6) is 5.75 Å². The van der Waals surface area contributed by atoms with Crippen molar-refractivity contribution in [1.82, 2.24) is 5.32 Å². The number of carbonyl (C=O) groups is 1. The van der Waals surface area contributed by atoms with E-state index in [1.807, 2.05) is 24.3 Å². The Balaban J connectivity index is 1.98. The molecule has 19 heavy (non-hydrogen) atoms. The molecule has 1 fully saturated rings. The van der Waals surface area contributed by atoms with Gasteiger partial charge in [-0.05, 0) is 33.6 Å². The first-order chi connectivity index (χ1) is 9.11. The molecule has 1 N–H and O–H groups in total. The highest BCUT2D eigenvalue weighted by Crippen LogP contribution is 2.27. The number of benzene rings is 1. The van der Waals surface area contributed by atoms with Crippen LogP contribution in [0, 0.1) is 16.7 Å². The molecule has 1 amide bonds. The maximum Gasteiger partial charge on any atom is 0.245 e. The van der Waals surface area contributed by atoms with E-state index in [1.54, 1.807) is 7.11 Å². The normalized spacial score (nSPS) is 16.1. The average molecular weight is 325 g/mol. The van der Waals surface area contributed by atoms with Gasteiger partial charge in [0.1, 0.15) is 5.75 Å². The molecule has 5 nitrogen and oxygen atoms in total. The predicted octanol–water partition coefficient (Wildman–Crippen LogP) is 1.61. The highest BCUT2D eigenvalue weighted by molar-refractivity contribution is 9.10. The lowest BCUT2D eigenvalue weighted by molar-refractivity contribution is -0.150. The number of nitrogens with zero attached hydrogens (tertiary/aromatic N) is 1. The standard InChI is InChI=1S/C13H13BrN2O3/c1-18-11-3-2-9(4-10(11)14)5-16-12(17)13(6-15)7-19-8-13/h2-4H,5,7-8H2,1H3,(H,16,17). The van der Waals surface area contributed by atoms with Crippen LogP contribution in [-0.4, -0.2) is 26.2 Å². The number of nitrogens with one attached hydrogen (secondary N) is 1. The van der Waals surface area contributed by atoms with Crippen molar-refractivity contribution in [3.63, 3.8) is 0 Å². The zero-order valence-electron chi connectivity index (χ0n) is 10.4. The molecular weight excluding hydrogens is 312 g/mol. The first-order valence-electron chi connectivity index (χ1n) is 5.71. The summed E-state index contributed by atoms with van der Waals surface area (Å²) in [6.45, 7) is 0.703. The zero-order valence-corrected chi connectivity index (χ0v) is 12.0. The van der Waals surface area contributed by atoms with Gasteiger partial charge in [0.2, 0.25) is 5.91 Å². The van der Waals surface area contributed by atoms with Gasteiger partial charge in [-0.25, -0.2) is 0 Å². The summed E-state index contributed by atoms with van der Waals surface area (Å²) in [5, 5.41) is 11.8. The second-order valence-corrected chi connectivity index (χ2v) is 5.19. The highest BCUT2D eigenvalue weighted by Gasteiger charge is 2.46. The Hall–Kier alpha value is -1.58. The summed E-state index contributed by atoms with van der Waals surface area (Å²) in [6.07, 6.45) is 0. The van der Waals surface area contributed by atoms with Gasteiger partial charge in [-0.2, -0.15) is 5.26 Å². The number of carbonyl (C=O) groups excluding carboxylic acids is 1.